The quantitative estimate of drug-likeness (QED) is 0.318. The Kier molecular flexibility index (Phi) is 6.21. The van der Waals surface area contributed by atoms with Crippen molar-refractivity contribution in [2.24, 2.45) is 5.92 Å². The predicted molar refractivity (Wildman–Crippen MR) is 143 cm³/mol. The summed E-state index contributed by atoms with van der Waals surface area (Å²) in [5.74, 6) is 1.67. The number of hydrogen-bond donors (Lipinski definition) is 2. The van der Waals surface area contributed by atoms with Crippen molar-refractivity contribution in [2.75, 3.05) is 26.0 Å². The van der Waals surface area contributed by atoms with Crippen molar-refractivity contribution >= 4 is 49.9 Å². The number of nitrogens with one attached hydrogen (secondary N) is 2. The third kappa shape index (κ3) is 4.50. The van der Waals surface area contributed by atoms with Crippen LogP contribution >= 0.6 is 11.3 Å². The Labute approximate surface area is 217 Å². The Balaban J connectivity index is 1.20. The molecule has 4 aromatic heterocycles. The van der Waals surface area contributed by atoms with E-state index in [2.05, 4.69) is 30.5 Å². The molecule has 11 heteroatoms. The number of fused-ring (bicyclic) bond motifs is 4. The highest BCUT2D eigenvalue weighted by Crippen LogP contribution is 2.41. The average Bonchev–Trinajstić information content (AvgIpc) is 3.67. The van der Waals surface area contributed by atoms with E-state index in [4.69, 9.17) is 4.74 Å². The zero-order chi connectivity index (χ0) is 25.4. The van der Waals surface area contributed by atoms with Crippen LogP contribution in [-0.4, -0.2) is 61.2 Å². The molecule has 10 nitrogen and oxygen atoms in total. The molecule has 6 rings (SSSR count). The Bertz CT molecular complexity index is 1560. The topological polar surface area (TPSA) is 114 Å². The van der Waals surface area contributed by atoms with E-state index < -0.39 is 0 Å². The van der Waals surface area contributed by atoms with Gasteiger partial charge in [0.15, 0.2) is 0 Å². The molecule has 1 aliphatic rings. The van der Waals surface area contributed by atoms with Crippen molar-refractivity contribution in [2.45, 2.75) is 32.2 Å². The number of aryl methyl sites for hydroxylation is 2. The van der Waals surface area contributed by atoms with Gasteiger partial charge in [-0.15, -0.1) is 11.3 Å². The van der Waals surface area contributed by atoms with Gasteiger partial charge in [0.1, 0.15) is 22.7 Å². The molecule has 1 aromatic carbocycles. The molecule has 0 spiro atoms. The van der Waals surface area contributed by atoms with Gasteiger partial charge < -0.3 is 19.5 Å². The first-order valence-corrected chi connectivity index (χ1v) is 13.2. The van der Waals surface area contributed by atoms with E-state index in [9.17, 15) is 4.79 Å². The van der Waals surface area contributed by atoms with Crippen molar-refractivity contribution in [3.8, 4) is 5.75 Å². The Morgan fingerprint density at radius 3 is 3.11 bits per heavy atom. The van der Waals surface area contributed by atoms with Gasteiger partial charge in [-0.3, -0.25) is 9.89 Å². The highest BCUT2D eigenvalue weighted by atomic mass is 32.1. The molecule has 1 amide bonds. The number of ether oxygens (including phenoxy) is 1. The fourth-order valence-electron chi connectivity index (χ4n) is 5.11. The van der Waals surface area contributed by atoms with Gasteiger partial charge in [0.05, 0.1) is 36.2 Å². The van der Waals surface area contributed by atoms with Crippen LogP contribution in [0.25, 0.3) is 21.1 Å². The Morgan fingerprint density at radius 2 is 2.27 bits per heavy atom. The maximum absolute atomic E-state index is 13.2. The summed E-state index contributed by atoms with van der Waals surface area (Å²) in [4.78, 5) is 30.5. The molecule has 0 saturated heterocycles. The second-order valence-corrected chi connectivity index (χ2v) is 10.5. The van der Waals surface area contributed by atoms with Crippen LogP contribution in [0.5, 0.6) is 5.75 Å². The molecule has 2 N–H and O–H groups in total. The van der Waals surface area contributed by atoms with Crippen LogP contribution in [0, 0.1) is 5.92 Å². The Morgan fingerprint density at radius 1 is 1.35 bits per heavy atom. The number of hydrogen-bond acceptors (Lipinski definition) is 8. The van der Waals surface area contributed by atoms with Crippen LogP contribution in [-0.2, 0) is 24.2 Å². The standard InChI is InChI=1S/C26H28N8O2S/c1-33(7-3-8-34-9-6-27-15-34)26(35)16-4-5-18-22(11-16)37-25-23(18)24(28-14-29-25)31-20-10-17-13-30-32-19(17)12-21(20)36-2/h6,9-10,12-16H,3-5,7-8,11H2,1-2H3,(H,30,32)(H,28,29,31). The summed E-state index contributed by atoms with van der Waals surface area (Å²) >= 11 is 1.67. The molecule has 0 aliphatic heterocycles. The second kappa shape index (κ2) is 9.81. The normalized spacial score (nSPS) is 15.1. The summed E-state index contributed by atoms with van der Waals surface area (Å²) < 4.78 is 7.65. The zero-order valence-electron chi connectivity index (χ0n) is 20.8. The first-order chi connectivity index (χ1) is 18.1. The van der Waals surface area contributed by atoms with Crippen LogP contribution in [0.15, 0.2) is 43.4 Å². The minimum atomic E-state index is -0.00762. The molecule has 0 bridgehead atoms. The first kappa shape index (κ1) is 23.4. The van der Waals surface area contributed by atoms with Crippen LogP contribution < -0.4 is 10.1 Å². The number of aromatic amines is 1. The van der Waals surface area contributed by atoms with Gasteiger partial charge in [-0.1, -0.05) is 0 Å². The van der Waals surface area contributed by atoms with E-state index in [-0.39, 0.29) is 11.8 Å². The summed E-state index contributed by atoms with van der Waals surface area (Å²) in [5.41, 5.74) is 2.97. The molecular formula is C26H28N8O2S. The minimum absolute atomic E-state index is 0.00762. The summed E-state index contributed by atoms with van der Waals surface area (Å²) in [5, 5.41) is 12.6. The molecule has 5 aromatic rings. The van der Waals surface area contributed by atoms with Gasteiger partial charge in [-0.25, -0.2) is 15.0 Å². The molecule has 4 heterocycles. The average molecular weight is 517 g/mol. The number of imidazole rings is 1. The number of nitrogens with zero attached hydrogens (tertiary/aromatic N) is 6. The van der Waals surface area contributed by atoms with E-state index in [1.807, 2.05) is 41.2 Å². The highest BCUT2D eigenvalue weighted by Gasteiger charge is 2.30. The fourth-order valence-corrected chi connectivity index (χ4v) is 6.38. The number of rotatable bonds is 8. The molecule has 1 aliphatic carbocycles. The van der Waals surface area contributed by atoms with Crippen LogP contribution in [0.2, 0.25) is 0 Å². The highest BCUT2D eigenvalue weighted by molar-refractivity contribution is 7.19. The van der Waals surface area contributed by atoms with Crippen LogP contribution in [0.3, 0.4) is 0 Å². The lowest BCUT2D eigenvalue weighted by atomic mass is 9.87. The summed E-state index contributed by atoms with van der Waals surface area (Å²) in [6.45, 7) is 1.59. The first-order valence-electron chi connectivity index (χ1n) is 12.3. The molecule has 0 radical (unpaired) electrons. The lowest BCUT2D eigenvalue weighted by Gasteiger charge is -2.27. The monoisotopic (exact) mass is 516 g/mol. The number of methoxy groups -OCH3 is 1. The zero-order valence-corrected chi connectivity index (χ0v) is 21.6. The van der Waals surface area contributed by atoms with Crippen molar-refractivity contribution in [1.29, 1.82) is 0 Å². The minimum Gasteiger partial charge on any atom is -0.494 e. The number of H-pyrrole nitrogens is 1. The lowest BCUT2D eigenvalue weighted by Crippen LogP contribution is -2.36. The van der Waals surface area contributed by atoms with Crippen molar-refractivity contribution in [3.05, 3.63) is 53.8 Å². The van der Waals surface area contributed by atoms with E-state index in [0.717, 1.165) is 71.4 Å². The molecule has 1 unspecified atom stereocenters. The van der Waals surface area contributed by atoms with E-state index >= 15 is 0 Å². The number of thiophene rings is 1. The molecule has 1 atom stereocenters. The van der Waals surface area contributed by atoms with Crippen LogP contribution in [0.4, 0.5) is 11.5 Å². The number of carbonyl (C=O) groups is 1. The smallest absolute Gasteiger partial charge is 0.225 e. The number of aromatic nitrogens is 6. The number of amides is 1. The van der Waals surface area contributed by atoms with Gasteiger partial charge in [-0.2, -0.15) is 5.10 Å². The SMILES string of the molecule is COc1cc2[nH]ncc2cc1Nc1ncnc2sc3c(c12)CCC(C(=O)N(C)CCCn1ccnc1)C3. The number of benzene rings is 1. The summed E-state index contributed by atoms with van der Waals surface area (Å²) in [7, 11) is 3.56. The van der Waals surface area contributed by atoms with Crippen LogP contribution in [0.1, 0.15) is 23.3 Å². The predicted octanol–water partition coefficient (Wildman–Crippen LogP) is 4.17. The third-order valence-electron chi connectivity index (χ3n) is 7.05. The largest absolute Gasteiger partial charge is 0.494 e. The van der Waals surface area contributed by atoms with Crippen molar-refractivity contribution in [1.82, 2.24) is 34.6 Å². The van der Waals surface area contributed by atoms with Gasteiger partial charge in [0, 0.05) is 54.8 Å². The maximum atomic E-state index is 13.2. The van der Waals surface area contributed by atoms with Gasteiger partial charge >= 0.3 is 0 Å². The summed E-state index contributed by atoms with van der Waals surface area (Å²) in [6.07, 6.45) is 12.2. The molecule has 0 fully saturated rings. The maximum Gasteiger partial charge on any atom is 0.225 e. The summed E-state index contributed by atoms with van der Waals surface area (Å²) in [6, 6.07) is 3.93. The van der Waals surface area contributed by atoms with Gasteiger partial charge in [0.2, 0.25) is 5.91 Å². The molecule has 0 saturated carbocycles. The lowest BCUT2D eigenvalue weighted by molar-refractivity contribution is -0.134. The fraction of sp³-hybridized carbons (Fsp3) is 0.346. The Hall–Kier alpha value is -3.99. The van der Waals surface area contributed by atoms with E-state index in [1.165, 1.54) is 10.4 Å². The third-order valence-corrected chi connectivity index (χ3v) is 8.22. The second-order valence-electron chi connectivity index (χ2n) is 9.39. The van der Waals surface area contributed by atoms with Crippen molar-refractivity contribution in [3.63, 3.8) is 0 Å². The van der Waals surface area contributed by atoms with Crippen molar-refractivity contribution < 1.29 is 9.53 Å². The molecule has 37 heavy (non-hydrogen) atoms. The molecular weight excluding hydrogens is 488 g/mol. The van der Waals surface area contributed by atoms with E-state index in [0.29, 0.717) is 5.75 Å². The van der Waals surface area contributed by atoms with E-state index in [1.54, 1.807) is 37.2 Å². The van der Waals surface area contributed by atoms with Gasteiger partial charge in [-0.05, 0) is 37.3 Å². The van der Waals surface area contributed by atoms with Gasteiger partial charge in [0.25, 0.3) is 0 Å². The molecule has 190 valence electrons. The number of anilines is 2. The number of carbonyl (C=O) groups excluding carboxylic acids is 1.